The highest BCUT2D eigenvalue weighted by atomic mass is 28.2. The summed E-state index contributed by atoms with van der Waals surface area (Å²) in [6.07, 6.45) is 4.07. The molecule has 2 aliphatic rings. The summed E-state index contributed by atoms with van der Waals surface area (Å²) in [5, 5.41) is 0. The lowest BCUT2D eigenvalue weighted by atomic mass is 10.3. The van der Waals surface area contributed by atoms with Gasteiger partial charge in [-0.15, -0.1) is 0 Å². The van der Waals surface area contributed by atoms with Gasteiger partial charge in [0.2, 0.25) is 0 Å². The molecule has 1 heterocycles. The SMILES string of the molecule is [SiH3]OC1C[C@@H]2O[C@@H]2C1. The maximum Gasteiger partial charge on any atom is 0.146 e. The molecule has 0 bridgehead atoms. The Balaban J connectivity index is 1.89. The minimum atomic E-state index is 0.561. The Bertz CT molecular complexity index is 96.6. The van der Waals surface area contributed by atoms with E-state index in [1.54, 1.807) is 0 Å². The standard InChI is InChI=1S/C5H10O2Si/c8-7-3-1-4-5(2-3)6-4/h3-5H,1-2H2,8H3/t3?,4-,5+. The van der Waals surface area contributed by atoms with Crippen LogP contribution in [0.15, 0.2) is 0 Å². The molecule has 0 N–H and O–H groups in total. The van der Waals surface area contributed by atoms with Crippen LogP contribution in [-0.4, -0.2) is 28.8 Å². The number of rotatable bonds is 1. The van der Waals surface area contributed by atoms with Crippen LogP contribution in [0, 0.1) is 0 Å². The van der Waals surface area contributed by atoms with Gasteiger partial charge in [-0.05, 0) is 0 Å². The third-order valence-corrected chi connectivity index (χ3v) is 2.68. The number of ether oxygens (including phenoxy) is 1. The van der Waals surface area contributed by atoms with Gasteiger partial charge >= 0.3 is 0 Å². The van der Waals surface area contributed by atoms with Crippen LogP contribution >= 0.6 is 0 Å². The first-order valence-electron chi connectivity index (χ1n) is 3.08. The van der Waals surface area contributed by atoms with Crippen molar-refractivity contribution in [3.05, 3.63) is 0 Å². The zero-order valence-electron chi connectivity index (χ0n) is 4.96. The van der Waals surface area contributed by atoms with Gasteiger partial charge in [0.05, 0.1) is 12.2 Å². The zero-order valence-corrected chi connectivity index (χ0v) is 6.96. The third kappa shape index (κ3) is 0.622. The van der Waals surface area contributed by atoms with Gasteiger partial charge in [0.25, 0.3) is 0 Å². The first-order chi connectivity index (χ1) is 3.90. The van der Waals surface area contributed by atoms with Crippen LogP contribution in [0.25, 0.3) is 0 Å². The second-order valence-corrected chi connectivity index (χ2v) is 3.01. The summed E-state index contributed by atoms with van der Waals surface area (Å²) in [4.78, 5) is 0. The van der Waals surface area contributed by atoms with Gasteiger partial charge in [-0.3, -0.25) is 0 Å². The fourth-order valence-electron chi connectivity index (χ4n) is 1.40. The van der Waals surface area contributed by atoms with E-state index in [2.05, 4.69) is 0 Å². The molecule has 0 aromatic rings. The summed E-state index contributed by atoms with van der Waals surface area (Å²) in [6.45, 7) is 0. The molecular weight excluding hydrogens is 120 g/mol. The van der Waals surface area contributed by atoms with Gasteiger partial charge in [0, 0.05) is 18.9 Å². The van der Waals surface area contributed by atoms with Gasteiger partial charge < -0.3 is 9.16 Å². The Morgan fingerprint density at radius 1 is 1.38 bits per heavy atom. The molecule has 1 saturated heterocycles. The fraction of sp³-hybridized carbons (Fsp3) is 1.00. The average Bonchev–Trinajstić information content (AvgIpc) is 2.40. The van der Waals surface area contributed by atoms with Crippen molar-refractivity contribution in [2.45, 2.75) is 31.2 Å². The Kier molecular flexibility index (Phi) is 0.967. The highest BCUT2D eigenvalue weighted by molar-refractivity contribution is 5.98. The maximum atomic E-state index is 5.27. The molecule has 1 aliphatic carbocycles. The monoisotopic (exact) mass is 130 g/mol. The summed E-state index contributed by atoms with van der Waals surface area (Å²) in [6, 6.07) is 0. The van der Waals surface area contributed by atoms with Crippen molar-refractivity contribution in [2.75, 3.05) is 0 Å². The summed E-state index contributed by atoms with van der Waals surface area (Å²) in [7, 11) is 0.888. The van der Waals surface area contributed by atoms with Crippen LogP contribution in [0.4, 0.5) is 0 Å². The quantitative estimate of drug-likeness (QED) is 0.343. The van der Waals surface area contributed by atoms with E-state index in [1.807, 2.05) is 0 Å². The Labute approximate surface area is 51.7 Å². The molecule has 1 saturated carbocycles. The van der Waals surface area contributed by atoms with Gasteiger partial charge in [-0.25, -0.2) is 0 Å². The number of hydrogen-bond donors (Lipinski definition) is 0. The Morgan fingerprint density at radius 3 is 2.38 bits per heavy atom. The molecule has 2 nitrogen and oxygen atoms in total. The molecular formula is C5H10O2Si. The first kappa shape index (κ1) is 4.96. The van der Waals surface area contributed by atoms with Crippen molar-refractivity contribution in [2.24, 2.45) is 0 Å². The highest BCUT2D eigenvalue weighted by Gasteiger charge is 2.47. The smallest absolute Gasteiger partial charge is 0.146 e. The lowest BCUT2D eigenvalue weighted by Gasteiger charge is -2.07. The van der Waals surface area contributed by atoms with E-state index < -0.39 is 0 Å². The van der Waals surface area contributed by atoms with Crippen LogP contribution < -0.4 is 0 Å². The molecule has 3 heteroatoms. The fourth-order valence-corrected chi connectivity index (χ4v) is 1.79. The second kappa shape index (κ2) is 1.56. The van der Waals surface area contributed by atoms with Crippen molar-refractivity contribution in [3.8, 4) is 0 Å². The van der Waals surface area contributed by atoms with Crippen molar-refractivity contribution in [3.63, 3.8) is 0 Å². The topological polar surface area (TPSA) is 21.8 Å². The van der Waals surface area contributed by atoms with Gasteiger partial charge in [0.1, 0.15) is 10.5 Å². The van der Waals surface area contributed by atoms with Crippen LogP contribution in [-0.2, 0) is 9.16 Å². The highest BCUT2D eigenvalue weighted by Crippen LogP contribution is 2.39. The van der Waals surface area contributed by atoms with E-state index in [0.717, 1.165) is 23.3 Å². The number of hydrogen-bond acceptors (Lipinski definition) is 2. The molecule has 0 amide bonds. The molecule has 0 spiro atoms. The predicted molar refractivity (Wildman–Crippen MR) is 32.7 cm³/mol. The van der Waals surface area contributed by atoms with E-state index in [-0.39, 0.29) is 0 Å². The lowest BCUT2D eigenvalue weighted by Crippen LogP contribution is -2.08. The molecule has 0 aromatic carbocycles. The first-order valence-corrected chi connectivity index (χ1v) is 3.90. The van der Waals surface area contributed by atoms with Gasteiger partial charge in [0.15, 0.2) is 0 Å². The molecule has 0 aromatic heterocycles. The summed E-state index contributed by atoms with van der Waals surface area (Å²) in [5.41, 5.74) is 0. The zero-order chi connectivity index (χ0) is 5.56. The van der Waals surface area contributed by atoms with Crippen LogP contribution in [0.5, 0.6) is 0 Å². The minimum absolute atomic E-state index is 0.561. The van der Waals surface area contributed by atoms with E-state index in [0.29, 0.717) is 18.3 Å². The van der Waals surface area contributed by atoms with E-state index in [4.69, 9.17) is 9.16 Å². The van der Waals surface area contributed by atoms with Crippen molar-refractivity contribution >= 4 is 10.5 Å². The summed E-state index contributed by atoms with van der Waals surface area (Å²) >= 11 is 0. The Morgan fingerprint density at radius 2 is 2.00 bits per heavy atom. The van der Waals surface area contributed by atoms with E-state index in [1.165, 1.54) is 0 Å². The molecule has 2 rings (SSSR count). The molecule has 8 heavy (non-hydrogen) atoms. The normalized spacial score (nSPS) is 51.8. The molecule has 0 radical (unpaired) electrons. The van der Waals surface area contributed by atoms with Crippen molar-refractivity contribution in [1.82, 2.24) is 0 Å². The molecule has 46 valence electrons. The van der Waals surface area contributed by atoms with Gasteiger partial charge in [-0.2, -0.15) is 0 Å². The van der Waals surface area contributed by atoms with Crippen molar-refractivity contribution in [1.29, 1.82) is 0 Å². The predicted octanol–water partition coefficient (Wildman–Crippen LogP) is -0.787. The van der Waals surface area contributed by atoms with Crippen LogP contribution in [0.1, 0.15) is 12.8 Å². The molecule has 1 unspecified atom stereocenters. The lowest BCUT2D eigenvalue weighted by molar-refractivity contribution is 0.162. The third-order valence-electron chi connectivity index (χ3n) is 2.01. The molecule has 2 fully saturated rings. The summed E-state index contributed by atoms with van der Waals surface area (Å²) < 4.78 is 10.5. The minimum Gasteiger partial charge on any atom is -0.425 e. The molecule has 1 aliphatic heterocycles. The van der Waals surface area contributed by atoms with E-state index in [9.17, 15) is 0 Å². The number of epoxide rings is 1. The average molecular weight is 130 g/mol. The maximum absolute atomic E-state index is 5.27. The summed E-state index contributed by atoms with van der Waals surface area (Å²) in [5.74, 6) is 0. The van der Waals surface area contributed by atoms with Crippen molar-refractivity contribution < 1.29 is 9.16 Å². The van der Waals surface area contributed by atoms with E-state index >= 15 is 0 Å². The second-order valence-electron chi connectivity index (χ2n) is 2.54. The van der Waals surface area contributed by atoms with Crippen LogP contribution in [0.3, 0.4) is 0 Å². The van der Waals surface area contributed by atoms with Gasteiger partial charge in [-0.1, -0.05) is 0 Å². The Hall–Kier alpha value is 0.137. The molecule has 3 atom stereocenters. The number of fused-ring (bicyclic) bond motifs is 1. The van der Waals surface area contributed by atoms with Crippen LogP contribution in [0.2, 0.25) is 0 Å². The largest absolute Gasteiger partial charge is 0.425 e.